The maximum absolute atomic E-state index is 6.06. The molecule has 0 fully saturated rings. The van der Waals surface area contributed by atoms with Gasteiger partial charge in [0.15, 0.2) is 0 Å². The molecule has 1 aromatic heterocycles. The Labute approximate surface area is 109 Å². The van der Waals surface area contributed by atoms with Gasteiger partial charge in [-0.15, -0.1) is 0 Å². The highest BCUT2D eigenvalue weighted by Gasteiger charge is 2.13. The molecule has 3 heteroatoms. The third kappa shape index (κ3) is 2.40. The predicted octanol–water partition coefficient (Wildman–Crippen LogP) is 3.80. The summed E-state index contributed by atoms with van der Waals surface area (Å²) < 4.78 is 1.95. The quantitative estimate of drug-likeness (QED) is 0.887. The summed E-state index contributed by atoms with van der Waals surface area (Å²) >= 11 is 0. The first-order valence-electron chi connectivity index (χ1n) is 6.57. The zero-order valence-electron chi connectivity index (χ0n) is 11.4. The second-order valence-electron chi connectivity index (χ2n) is 4.74. The van der Waals surface area contributed by atoms with Gasteiger partial charge in [-0.3, -0.25) is 0 Å². The van der Waals surface area contributed by atoms with Crippen LogP contribution in [-0.4, -0.2) is 9.78 Å². The Morgan fingerprint density at radius 3 is 2.33 bits per heavy atom. The summed E-state index contributed by atoms with van der Waals surface area (Å²) in [6.45, 7) is 6.42. The van der Waals surface area contributed by atoms with Crippen LogP contribution in [-0.2, 0) is 0 Å². The number of nitrogens with zero attached hydrogens (tertiary/aromatic N) is 2. The van der Waals surface area contributed by atoms with Crippen LogP contribution in [0.2, 0.25) is 0 Å². The summed E-state index contributed by atoms with van der Waals surface area (Å²) in [5.74, 6) is 0.749. The zero-order chi connectivity index (χ0) is 13.1. The van der Waals surface area contributed by atoms with E-state index in [2.05, 4.69) is 50.1 Å². The molecule has 0 aliphatic rings. The second-order valence-corrected chi connectivity index (χ2v) is 4.74. The first-order valence-corrected chi connectivity index (χ1v) is 6.57. The van der Waals surface area contributed by atoms with Crippen molar-refractivity contribution in [2.45, 2.75) is 39.7 Å². The van der Waals surface area contributed by atoms with Crippen LogP contribution >= 0.6 is 0 Å². The first-order chi connectivity index (χ1) is 8.65. The summed E-state index contributed by atoms with van der Waals surface area (Å²) in [7, 11) is 0. The van der Waals surface area contributed by atoms with Crippen LogP contribution in [0.25, 0.3) is 11.3 Å². The molecule has 0 bridgehead atoms. The predicted molar refractivity (Wildman–Crippen MR) is 76.4 cm³/mol. The van der Waals surface area contributed by atoms with Gasteiger partial charge in [-0.2, -0.15) is 5.10 Å². The molecule has 0 aliphatic heterocycles. The monoisotopic (exact) mass is 243 g/mol. The summed E-state index contributed by atoms with van der Waals surface area (Å²) in [5, 5.41) is 4.64. The normalized spacial score (nSPS) is 11.1. The maximum atomic E-state index is 6.06. The maximum Gasteiger partial charge on any atom is 0.122 e. The minimum absolute atomic E-state index is 0.393. The number of nitrogens with two attached hydrogens (primary N) is 1. The van der Waals surface area contributed by atoms with E-state index in [1.54, 1.807) is 0 Å². The van der Waals surface area contributed by atoms with Crippen molar-refractivity contribution in [2.75, 3.05) is 5.73 Å². The van der Waals surface area contributed by atoms with E-state index >= 15 is 0 Å². The Balaban J connectivity index is 2.36. The fourth-order valence-corrected chi connectivity index (χ4v) is 2.20. The minimum atomic E-state index is 0.393. The fourth-order valence-electron chi connectivity index (χ4n) is 2.20. The third-order valence-corrected chi connectivity index (χ3v) is 3.40. The minimum Gasteiger partial charge on any atom is -0.384 e. The highest BCUT2D eigenvalue weighted by molar-refractivity contribution is 5.62. The number of hydrogen-bond donors (Lipinski definition) is 1. The largest absolute Gasteiger partial charge is 0.384 e. The van der Waals surface area contributed by atoms with E-state index < -0.39 is 0 Å². The van der Waals surface area contributed by atoms with Crippen molar-refractivity contribution in [1.29, 1.82) is 0 Å². The number of aromatic nitrogens is 2. The molecule has 0 spiro atoms. The standard InChI is InChI=1S/C15H21N3/c1-4-13(5-2)18-15(16)10-14(17-18)12-8-6-11(3)7-9-12/h6-10,13H,4-5,16H2,1-3H3. The molecule has 2 aromatic rings. The van der Waals surface area contributed by atoms with E-state index in [-0.39, 0.29) is 0 Å². The van der Waals surface area contributed by atoms with Crippen molar-refractivity contribution in [3.05, 3.63) is 35.9 Å². The number of benzene rings is 1. The highest BCUT2D eigenvalue weighted by Crippen LogP contribution is 2.25. The Bertz CT molecular complexity index is 507. The van der Waals surface area contributed by atoms with Gasteiger partial charge in [0.25, 0.3) is 0 Å². The Kier molecular flexibility index (Phi) is 3.70. The van der Waals surface area contributed by atoms with Gasteiger partial charge >= 0.3 is 0 Å². The van der Waals surface area contributed by atoms with Crippen LogP contribution in [0.15, 0.2) is 30.3 Å². The Morgan fingerprint density at radius 1 is 1.17 bits per heavy atom. The van der Waals surface area contributed by atoms with Gasteiger partial charge in [0.1, 0.15) is 5.82 Å². The molecule has 3 nitrogen and oxygen atoms in total. The summed E-state index contributed by atoms with van der Waals surface area (Å²) in [5.41, 5.74) is 9.40. The number of rotatable bonds is 4. The molecule has 2 N–H and O–H groups in total. The highest BCUT2D eigenvalue weighted by atomic mass is 15.3. The van der Waals surface area contributed by atoms with Gasteiger partial charge in [-0.05, 0) is 19.8 Å². The van der Waals surface area contributed by atoms with Crippen LogP contribution in [0, 0.1) is 6.92 Å². The van der Waals surface area contributed by atoms with E-state index in [1.165, 1.54) is 5.56 Å². The Morgan fingerprint density at radius 2 is 1.78 bits per heavy atom. The van der Waals surface area contributed by atoms with Crippen LogP contribution in [0.1, 0.15) is 38.3 Å². The average molecular weight is 243 g/mol. The molecule has 1 aromatic carbocycles. The number of aryl methyl sites for hydroxylation is 1. The molecule has 0 radical (unpaired) electrons. The van der Waals surface area contributed by atoms with Gasteiger partial charge in [0, 0.05) is 11.6 Å². The van der Waals surface area contributed by atoms with E-state index in [4.69, 9.17) is 5.73 Å². The molecule has 18 heavy (non-hydrogen) atoms. The molecule has 96 valence electrons. The van der Waals surface area contributed by atoms with Crippen LogP contribution in [0.3, 0.4) is 0 Å². The SMILES string of the molecule is CCC(CC)n1nc(-c2ccc(C)cc2)cc1N. The molecular formula is C15H21N3. The van der Waals surface area contributed by atoms with Gasteiger partial charge in [0.05, 0.1) is 11.7 Å². The molecular weight excluding hydrogens is 222 g/mol. The van der Waals surface area contributed by atoms with Crippen molar-refractivity contribution in [1.82, 2.24) is 9.78 Å². The van der Waals surface area contributed by atoms with Gasteiger partial charge in [-0.25, -0.2) is 4.68 Å². The third-order valence-electron chi connectivity index (χ3n) is 3.40. The van der Waals surface area contributed by atoms with E-state index in [0.717, 1.165) is 29.9 Å². The van der Waals surface area contributed by atoms with Crippen molar-refractivity contribution in [2.24, 2.45) is 0 Å². The molecule has 2 rings (SSSR count). The van der Waals surface area contributed by atoms with E-state index in [0.29, 0.717) is 6.04 Å². The lowest BCUT2D eigenvalue weighted by atomic mass is 10.1. The van der Waals surface area contributed by atoms with Crippen LogP contribution in [0.5, 0.6) is 0 Å². The second kappa shape index (κ2) is 5.25. The Hall–Kier alpha value is -1.77. The van der Waals surface area contributed by atoms with Crippen LogP contribution < -0.4 is 5.73 Å². The van der Waals surface area contributed by atoms with Crippen molar-refractivity contribution in [3.8, 4) is 11.3 Å². The number of anilines is 1. The molecule has 1 heterocycles. The summed E-state index contributed by atoms with van der Waals surface area (Å²) in [6.07, 6.45) is 2.10. The molecule has 0 unspecified atom stereocenters. The fraction of sp³-hybridized carbons (Fsp3) is 0.400. The van der Waals surface area contributed by atoms with Gasteiger partial charge in [0.2, 0.25) is 0 Å². The van der Waals surface area contributed by atoms with Gasteiger partial charge < -0.3 is 5.73 Å². The number of nitrogen functional groups attached to an aromatic ring is 1. The lowest BCUT2D eigenvalue weighted by molar-refractivity contribution is 0.435. The van der Waals surface area contributed by atoms with Crippen molar-refractivity contribution < 1.29 is 0 Å². The lowest BCUT2D eigenvalue weighted by Gasteiger charge is -2.14. The molecule has 0 aliphatic carbocycles. The lowest BCUT2D eigenvalue weighted by Crippen LogP contribution is -2.11. The van der Waals surface area contributed by atoms with Crippen molar-refractivity contribution in [3.63, 3.8) is 0 Å². The molecule has 0 atom stereocenters. The zero-order valence-corrected chi connectivity index (χ0v) is 11.4. The summed E-state index contributed by atoms with van der Waals surface area (Å²) in [4.78, 5) is 0. The molecule has 0 amide bonds. The van der Waals surface area contributed by atoms with E-state index in [1.807, 2.05) is 10.7 Å². The molecule has 0 saturated carbocycles. The van der Waals surface area contributed by atoms with Gasteiger partial charge in [-0.1, -0.05) is 43.7 Å². The number of hydrogen-bond acceptors (Lipinski definition) is 2. The summed E-state index contributed by atoms with van der Waals surface area (Å²) in [6, 6.07) is 10.7. The smallest absolute Gasteiger partial charge is 0.122 e. The van der Waals surface area contributed by atoms with Crippen molar-refractivity contribution >= 4 is 5.82 Å². The first kappa shape index (κ1) is 12.7. The topological polar surface area (TPSA) is 43.8 Å². The molecule has 0 saturated heterocycles. The van der Waals surface area contributed by atoms with Crippen LogP contribution in [0.4, 0.5) is 5.82 Å². The average Bonchev–Trinajstić information content (AvgIpc) is 2.74. The van der Waals surface area contributed by atoms with E-state index in [9.17, 15) is 0 Å².